The molecule has 2 amide bonds. The first-order valence-electron chi connectivity index (χ1n) is 9.80. The van der Waals surface area contributed by atoms with Crippen molar-refractivity contribution in [2.24, 2.45) is 5.92 Å². The Hall–Kier alpha value is -2.30. The van der Waals surface area contributed by atoms with Gasteiger partial charge in [-0.2, -0.15) is 0 Å². The molecule has 0 bridgehead atoms. The van der Waals surface area contributed by atoms with E-state index in [9.17, 15) is 18.0 Å². The van der Waals surface area contributed by atoms with Gasteiger partial charge in [0.05, 0.1) is 29.3 Å². The van der Waals surface area contributed by atoms with Crippen LogP contribution in [-0.2, 0) is 26.2 Å². The van der Waals surface area contributed by atoms with E-state index in [1.165, 1.54) is 30.2 Å². The maximum atomic E-state index is 12.7. The highest BCUT2D eigenvalue weighted by molar-refractivity contribution is 7.99. The lowest BCUT2D eigenvalue weighted by atomic mass is 10.1. The fourth-order valence-corrected chi connectivity index (χ4v) is 5.62. The normalized spacial score (nSPS) is 19.3. The van der Waals surface area contributed by atoms with Gasteiger partial charge in [-0.15, -0.1) is 11.8 Å². The quantitative estimate of drug-likeness (QED) is 0.701. The number of amides is 2. The number of furan rings is 1. The van der Waals surface area contributed by atoms with Crippen molar-refractivity contribution in [1.82, 2.24) is 9.62 Å². The van der Waals surface area contributed by atoms with Crippen molar-refractivity contribution in [3.63, 3.8) is 0 Å². The fourth-order valence-electron chi connectivity index (χ4n) is 3.52. The Morgan fingerprint density at radius 1 is 1.27 bits per heavy atom. The average Bonchev–Trinajstić information content (AvgIpc) is 3.41. The number of nitrogens with zero attached hydrogens (tertiary/aromatic N) is 1. The minimum atomic E-state index is -3.77. The van der Waals surface area contributed by atoms with Crippen molar-refractivity contribution < 1.29 is 22.4 Å². The molecule has 10 heteroatoms. The summed E-state index contributed by atoms with van der Waals surface area (Å²) in [6.07, 6.45) is 3.66. The zero-order chi connectivity index (χ0) is 21.1. The molecule has 2 N–H and O–H groups in total. The molecule has 2 aliphatic rings. The number of thioether (sulfide) groups is 1. The lowest BCUT2D eigenvalue weighted by Gasteiger charge is -2.18. The Labute approximate surface area is 179 Å². The number of likely N-dealkylation sites (tertiary alicyclic amines) is 1. The first kappa shape index (κ1) is 21.0. The summed E-state index contributed by atoms with van der Waals surface area (Å²) in [5.74, 6) is 0.271. The van der Waals surface area contributed by atoms with Gasteiger partial charge in [0.15, 0.2) is 0 Å². The van der Waals surface area contributed by atoms with Gasteiger partial charge in [-0.3, -0.25) is 9.59 Å². The van der Waals surface area contributed by atoms with Crippen LogP contribution in [0.4, 0.5) is 5.69 Å². The minimum absolute atomic E-state index is 0.00426. The second-order valence-corrected chi connectivity index (χ2v) is 10.2. The molecule has 0 spiro atoms. The number of benzene rings is 1. The van der Waals surface area contributed by atoms with Crippen LogP contribution in [0.5, 0.6) is 0 Å². The van der Waals surface area contributed by atoms with Crippen molar-refractivity contribution in [3.8, 4) is 0 Å². The Morgan fingerprint density at radius 2 is 2.07 bits per heavy atom. The Morgan fingerprint density at radius 3 is 2.80 bits per heavy atom. The number of carbonyl (C=O) groups excluding carboxylic acids is 2. The van der Waals surface area contributed by atoms with Crippen LogP contribution in [0.15, 0.2) is 50.8 Å². The molecule has 0 aliphatic carbocycles. The summed E-state index contributed by atoms with van der Waals surface area (Å²) in [5.41, 5.74) is 0.446. The predicted octanol–water partition coefficient (Wildman–Crippen LogP) is 2.43. The molecule has 0 radical (unpaired) electrons. The molecule has 3 heterocycles. The van der Waals surface area contributed by atoms with Gasteiger partial charge in [0.25, 0.3) is 0 Å². The topological polar surface area (TPSA) is 109 Å². The van der Waals surface area contributed by atoms with Crippen LogP contribution in [0, 0.1) is 5.92 Å². The van der Waals surface area contributed by atoms with Gasteiger partial charge in [0, 0.05) is 30.2 Å². The van der Waals surface area contributed by atoms with Gasteiger partial charge in [0.1, 0.15) is 5.76 Å². The van der Waals surface area contributed by atoms with E-state index < -0.39 is 15.9 Å². The Bertz CT molecular complexity index is 1030. The van der Waals surface area contributed by atoms with Crippen molar-refractivity contribution in [2.45, 2.75) is 35.6 Å². The van der Waals surface area contributed by atoms with Crippen LogP contribution in [0.2, 0.25) is 0 Å². The van der Waals surface area contributed by atoms with Gasteiger partial charge >= 0.3 is 0 Å². The predicted molar refractivity (Wildman–Crippen MR) is 112 cm³/mol. The molecule has 1 fully saturated rings. The molecule has 1 saturated heterocycles. The fraction of sp³-hybridized carbons (Fsp3) is 0.400. The first-order valence-corrected chi connectivity index (χ1v) is 12.3. The highest BCUT2D eigenvalue weighted by atomic mass is 32.2. The van der Waals surface area contributed by atoms with E-state index in [0.29, 0.717) is 17.2 Å². The largest absolute Gasteiger partial charge is 0.468 e. The monoisotopic (exact) mass is 449 g/mol. The standard InChI is InChI=1S/C20H23N3O5S2/c24-19(23-7-1-2-8-23)10-14-13-29-18-6-5-16(11-17(18)22-20(14)25)30(26,27)21-12-15-4-3-9-28-15/h3-6,9,11,14,21H,1-2,7-8,10,12-13H2,(H,22,25)/t14-/m0/s1. The molecule has 160 valence electrons. The lowest BCUT2D eigenvalue weighted by molar-refractivity contribution is -0.133. The van der Waals surface area contributed by atoms with Gasteiger partial charge in [-0.05, 0) is 43.2 Å². The Balaban J connectivity index is 1.45. The smallest absolute Gasteiger partial charge is 0.241 e. The van der Waals surface area contributed by atoms with Crippen LogP contribution >= 0.6 is 11.8 Å². The number of carbonyl (C=O) groups is 2. The summed E-state index contributed by atoms with van der Waals surface area (Å²) in [6.45, 7) is 1.55. The van der Waals surface area contributed by atoms with E-state index >= 15 is 0 Å². The van der Waals surface area contributed by atoms with Crippen LogP contribution in [0.1, 0.15) is 25.0 Å². The number of rotatable bonds is 6. The van der Waals surface area contributed by atoms with E-state index in [4.69, 9.17) is 4.42 Å². The third kappa shape index (κ3) is 4.71. The molecular weight excluding hydrogens is 426 g/mol. The van der Waals surface area contributed by atoms with Crippen molar-refractivity contribution in [1.29, 1.82) is 0 Å². The minimum Gasteiger partial charge on any atom is -0.468 e. The van der Waals surface area contributed by atoms with Crippen LogP contribution < -0.4 is 10.0 Å². The van der Waals surface area contributed by atoms with E-state index in [0.717, 1.165) is 30.8 Å². The molecule has 2 aliphatic heterocycles. The molecular formula is C20H23N3O5S2. The van der Waals surface area contributed by atoms with Crippen LogP contribution in [0.3, 0.4) is 0 Å². The summed E-state index contributed by atoms with van der Waals surface area (Å²) in [6, 6.07) is 8.02. The molecule has 0 unspecified atom stereocenters. The average molecular weight is 450 g/mol. The number of fused-ring (bicyclic) bond motifs is 1. The molecule has 2 aromatic rings. The SMILES string of the molecule is O=C1Nc2cc(S(=O)(=O)NCc3ccco3)ccc2SC[C@@H]1CC(=O)N1CCCC1. The van der Waals surface area contributed by atoms with Crippen molar-refractivity contribution in [2.75, 3.05) is 24.2 Å². The van der Waals surface area contributed by atoms with E-state index in [1.54, 1.807) is 18.2 Å². The number of sulfonamides is 1. The molecule has 4 rings (SSSR count). The highest BCUT2D eigenvalue weighted by Crippen LogP contribution is 2.35. The first-order chi connectivity index (χ1) is 14.4. The third-order valence-corrected chi connectivity index (χ3v) is 7.86. The number of anilines is 1. The second kappa shape index (κ2) is 8.83. The summed E-state index contributed by atoms with van der Waals surface area (Å²) in [5, 5.41) is 2.81. The number of hydrogen-bond donors (Lipinski definition) is 2. The maximum Gasteiger partial charge on any atom is 0.241 e. The zero-order valence-corrected chi connectivity index (χ0v) is 17.9. The van der Waals surface area contributed by atoms with Crippen molar-refractivity contribution >= 4 is 39.3 Å². The highest BCUT2D eigenvalue weighted by Gasteiger charge is 2.30. The van der Waals surface area contributed by atoms with Gasteiger partial charge in [-0.25, -0.2) is 13.1 Å². The molecule has 1 atom stereocenters. The van der Waals surface area contributed by atoms with E-state index in [1.807, 2.05) is 4.90 Å². The maximum absolute atomic E-state index is 12.7. The summed E-state index contributed by atoms with van der Waals surface area (Å²) < 4.78 is 32.9. The zero-order valence-electron chi connectivity index (χ0n) is 16.3. The summed E-state index contributed by atoms with van der Waals surface area (Å²) in [4.78, 5) is 27.8. The molecule has 1 aromatic heterocycles. The van der Waals surface area contributed by atoms with Gasteiger partial charge in [0.2, 0.25) is 21.8 Å². The molecule has 30 heavy (non-hydrogen) atoms. The third-order valence-electron chi connectivity index (χ3n) is 5.23. The van der Waals surface area contributed by atoms with Crippen LogP contribution in [-0.4, -0.2) is 44.0 Å². The van der Waals surface area contributed by atoms with Crippen LogP contribution in [0.25, 0.3) is 0 Å². The summed E-state index contributed by atoms with van der Waals surface area (Å²) in [7, 11) is -3.77. The number of hydrogen-bond acceptors (Lipinski definition) is 6. The molecule has 0 saturated carbocycles. The molecule has 8 nitrogen and oxygen atoms in total. The number of nitrogens with one attached hydrogen (secondary N) is 2. The molecule has 1 aromatic carbocycles. The summed E-state index contributed by atoms with van der Waals surface area (Å²) >= 11 is 1.45. The lowest BCUT2D eigenvalue weighted by Crippen LogP contribution is -2.33. The van der Waals surface area contributed by atoms with Gasteiger partial charge < -0.3 is 14.6 Å². The second-order valence-electron chi connectivity index (χ2n) is 7.35. The van der Waals surface area contributed by atoms with E-state index in [2.05, 4.69) is 10.0 Å². The van der Waals surface area contributed by atoms with Gasteiger partial charge in [-0.1, -0.05) is 0 Å². The van der Waals surface area contributed by atoms with E-state index in [-0.39, 0.29) is 29.7 Å². The Kier molecular flexibility index (Phi) is 6.16. The van der Waals surface area contributed by atoms with Crippen molar-refractivity contribution in [3.05, 3.63) is 42.4 Å².